The molecule has 1 aliphatic heterocycles. The van der Waals surface area contributed by atoms with Gasteiger partial charge in [-0.15, -0.1) is 0 Å². The number of benzene rings is 5. The zero-order chi connectivity index (χ0) is 36.2. The van der Waals surface area contributed by atoms with Crippen molar-refractivity contribution in [1.29, 1.82) is 0 Å². The van der Waals surface area contributed by atoms with E-state index in [1.54, 1.807) is 0 Å². The fourth-order valence-electron chi connectivity index (χ4n) is 7.11. The van der Waals surface area contributed by atoms with Gasteiger partial charge in [0.1, 0.15) is 0 Å². The molecule has 5 aromatic carbocycles. The van der Waals surface area contributed by atoms with E-state index in [1.165, 1.54) is 4.90 Å². The summed E-state index contributed by atoms with van der Waals surface area (Å²) in [5.74, 6) is -0.316. The number of carbonyl (C=O) groups is 2. The second-order valence-electron chi connectivity index (χ2n) is 13.3. The molecule has 6 heteroatoms. The van der Waals surface area contributed by atoms with Crippen LogP contribution < -0.4 is 4.90 Å². The number of para-hydroxylation sites is 2. The van der Waals surface area contributed by atoms with Crippen LogP contribution in [0.15, 0.2) is 115 Å². The summed E-state index contributed by atoms with van der Waals surface area (Å²) in [7, 11) is 0. The second kappa shape index (κ2) is 15.9. The van der Waals surface area contributed by atoms with E-state index < -0.39 is 0 Å². The van der Waals surface area contributed by atoms with Crippen molar-refractivity contribution in [3.63, 3.8) is 0 Å². The third-order valence-corrected chi connectivity index (χ3v) is 9.49. The van der Waals surface area contributed by atoms with Crippen molar-refractivity contribution in [1.82, 2.24) is 4.57 Å². The molecule has 51 heavy (non-hydrogen) atoms. The average Bonchev–Trinajstić information content (AvgIpc) is 3.60. The molecule has 0 fully saturated rings. The van der Waals surface area contributed by atoms with Crippen LogP contribution in [0.4, 0.5) is 5.69 Å². The van der Waals surface area contributed by atoms with Crippen LogP contribution in [-0.4, -0.2) is 21.6 Å². The molecule has 0 N–H and O–H groups in total. The number of aryl methyl sites for hydroxylation is 1. The van der Waals surface area contributed by atoms with Crippen LogP contribution in [-0.2, 0) is 28.6 Å². The Hall–Kier alpha value is -4.30. The van der Waals surface area contributed by atoms with Gasteiger partial charge in [-0.2, -0.15) is 0 Å². The van der Waals surface area contributed by atoms with Crippen molar-refractivity contribution in [2.75, 3.05) is 4.90 Å². The monoisotopic (exact) mass is 820 g/mol. The van der Waals surface area contributed by atoms with Crippen LogP contribution in [0.2, 0.25) is 0 Å². The fraction of sp³-hybridized carbons (Fsp3) is 0.178. The Labute approximate surface area is 318 Å². The standard InChI is InChI=1S/C44H40N2O2.CH2.HI.V/c1-6-45-38-18-11-10-15-36(38)37-27-33(25-26-39(37)45)41-40(32-23-21-31(22-24-32)20-19-30-13-8-7-9-14-30)43(47)46(44(41)48)42-34(28(2)3)16-12-17-35(42)29(4)5;;;/h7-29H,6H2,1-5H3;1H2;1H;/q;;;+1/p-1/b20-19+;;;. The summed E-state index contributed by atoms with van der Waals surface area (Å²) in [6.07, 6.45) is 4.14. The number of hydrogen-bond acceptors (Lipinski definition) is 2. The molecule has 0 spiro atoms. The van der Waals surface area contributed by atoms with Gasteiger partial charge < -0.3 is 4.57 Å². The zero-order valence-electron chi connectivity index (χ0n) is 29.7. The van der Waals surface area contributed by atoms with Gasteiger partial charge in [0, 0.05) is 28.4 Å². The molecular weight excluding hydrogens is 778 g/mol. The molecule has 0 aliphatic carbocycles. The summed E-state index contributed by atoms with van der Waals surface area (Å²) in [4.78, 5) is 31.1. The molecular formula is C45H42IN2O2V. The first-order chi connectivity index (χ1) is 24.7. The average molecular weight is 821 g/mol. The van der Waals surface area contributed by atoms with Crippen molar-refractivity contribution >= 4 is 87.8 Å². The van der Waals surface area contributed by atoms with E-state index in [-0.39, 0.29) is 23.7 Å². The van der Waals surface area contributed by atoms with Gasteiger partial charge in [0.05, 0.1) is 16.8 Å². The van der Waals surface area contributed by atoms with Crippen LogP contribution in [0.1, 0.15) is 79.8 Å². The molecule has 4 nitrogen and oxygen atoms in total. The second-order valence-corrected chi connectivity index (χ2v) is 16.5. The number of amides is 2. The topological polar surface area (TPSA) is 42.3 Å². The van der Waals surface area contributed by atoms with E-state index >= 15 is 0 Å². The summed E-state index contributed by atoms with van der Waals surface area (Å²) in [5.41, 5.74) is 9.45. The fourth-order valence-corrected chi connectivity index (χ4v) is 7.11. The zero-order valence-corrected chi connectivity index (χ0v) is 33.3. The summed E-state index contributed by atoms with van der Waals surface area (Å²) < 4.78 is 2.30. The molecule has 2 heterocycles. The summed E-state index contributed by atoms with van der Waals surface area (Å²) in [5, 5.41) is 5.77. The molecule has 0 unspecified atom stereocenters. The summed E-state index contributed by atoms with van der Waals surface area (Å²) >= 11 is 2.68. The van der Waals surface area contributed by atoms with Gasteiger partial charge in [-0.1, -0.05) is 137 Å². The van der Waals surface area contributed by atoms with E-state index in [1.807, 2.05) is 66.7 Å². The number of carbonyl (C=O) groups excluding carboxylic acids is 2. The van der Waals surface area contributed by atoms with Crippen LogP contribution >= 0.6 is 20.0 Å². The van der Waals surface area contributed by atoms with Gasteiger partial charge in [-0.25, -0.2) is 4.90 Å². The first kappa shape index (κ1) is 36.5. The van der Waals surface area contributed by atoms with E-state index in [9.17, 15) is 9.59 Å². The number of fused-ring (bicyclic) bond motifs is 3. The first-order valence-corrected chi connectivity index (χ1v) is 22.9. The van der Waals surface area contributed by atoms with Crippen molar-refractivity contribution in [3.8, 4) is 0 Å². The van der Waals surface area contributed by atoms with E-state index in [2.05, 4.69) is 125 Å². The molecule has 256 valence electrons. The minimum atomic E-state index is -0.284. The molecule has 0 atom stereocenters. The Balaban J connectivity index is 0.00000144. The van der Waals surface area contributed by atoms with E-state index in [4.69, 9.17) is 0 Å². The molecule has 7 rings (SSSR count). The molecule has 0 radical (unpaired) electrons. The molecule has 6 aromatic rings. The minimum absolute atomic E-state index is 0.124. The number of anilines is 1. The van der Waals surface area contributed by atoms with Gasteiger partial charge in [-0.3, -0.25) is 9.59 Å². The van der Waals surface area contributed by atoms with Crippen molar-refractivity contribution < 1.29 is 22.0 Å². The number of halogens is 1. The van der Waals surface area contributed by atoms with Gasteiger partial charge >= 0.3 is 37.6 Å². The molecule has 1 aromatic heterocycles. The molecule has 0 bridgehead atoms. The van der Waals surface area contributed by atoms with Crippen LogP contribution in [0.3, 0.4) is 0 Å². The quantitative estimate of drug-likeness (QED) is 0.0872. The summed E-state index contributed by atoms with van der Waals surface area (Å²) in [6.45, 7) is 11.4. The van der Waals surface area contributed by atoms with Crippen LogP contribution in [0.5, 0.6) is 0 Å². The Kier molecular flexibility index (Phi) is 11.4. The van der Waals surface area contributed by atoms with E-state index in [0.717, 1.165) is 67.4 Å². The Morgan fingerprint density at radius 3 is 1.75 bits per heavy atom. The number of imide groups is 1. The molecule has 0 saturated carbocycles. The summed E-state index contributed by atoms with van der Waals surface area (Å²) in [6, 6.07) is 38.8. The van der Waals surface area contributed by atoms with Gasteiger partial charge in [-0.05, 0) is 70.3 Å². The van der Waals surface area contributed by atoms with Crippen LogP contribution in [0.25, 0.3) is 45.1 Å². The van der Waals surface area contributed by atoms with Crippen molar-refractivity contribution in [2.24, 2.45) is 0 Å². The van der Waals surface area contributed by atoms with Crippen LogP contribution in [0, 0.1) is 0 Å². The maximum atomic E-state index is 14.9. The van der Waals surface area contributed by atoms with Gasteiger partial charge in [0.25, 0.3) is 11.8 Å². The van der Waals surface area contributed by atoms with Crippen molar-refractivity contribution in [3.05, 3.63) is 149 Å². The predicted octanol–water partition coefficient (Wildman–Crippen LogP) is 11.6. The number of rotatable bonds is 8. The molecule has 1 aliphatic rings. The van der Waals surface area contributed by atoms with Gasteiger partial charge in [0.2, 0.25) is 0 Å². The first-order valence-electron chi connectivity index (χ1n) is 17.4. The Morgan fingerprint density at radius 2 is 1.16 bits per heavy atom. The maximum absolute atomic E-state index is 14.9. The SMILES string of the molecule is CCn1c2ccccc2c2cc(C3=C(c4ccc(/C=C/c5ccccc5)cc4)C(=O)N(c4c(C(C)C)cccc4C(C)C)C3=O)ccc21.[CH2]=[V][I]. The predicted molar refractivity (Wildman–Crippen MR) is 222 cm³/mol. The normalized spacial score (nSPS) is 13.3. The third kappa shape index (κ3) is 7.12. The number of hydrogen-bond donors (Lipinski definition) is 0. The van der Waals surface area contributed by atoms with Gasteiger partial charge in [0.15, 0.2) is 0 Å². The Morgan fingerprint density at radius 1 is 0.647 bits per heavy atom. The number of nitrogens with zero attached hydrogens (tertiary/aromatic N) is 2. The molecule has 2 amide bonds. The number of aromatic nitrogens is 1. The van der Waals surface area contributed by atoms with Crippen molar-refractivity contribution in [2.45, 2.75) is 53.0 Å². The molecule has 0 saturated heterocycles. The Bertz CT molecular complexity index is 2290. The van der Waals surface area contributed by atoms with E-state index in [0.29, 0.717) is 23.6 Å². The third-order valence-electron chi connectivity index (χ3n) is 9.49.